The smallest absolute Gasteiger partial charge is 0.151 e. The van der Waals surface area contributed by atoms with Gasteiger partial charge in [0.05, 0.1) is 11.8 Å². The topological polar surface area (TPSA) is 41.3 Å². The van der Waals surface area contributed by atoms with Crippen LogP contribution in [0.3, 0.4) is 0 Å². The molecule has 146 valence electrons. The zero-order chi connectivity index (χ0) is 19.7. The molecule has 6 heteroatoms. The summed E-state index contributed by atoms with van der Waals surface area (Å²) in [5, 5.41) is 14.6. The molecule has 0 amide bonds. The van der Waals surface area contributed by atoms with E-state index in [1.54, 1.807) is 6.20 Å². The van der Waals surface area contributed by atoms with E-state index in [9.17, 15) is 13.9 Å². The Morgan fingerprint density at radius 1 is 1.18 bits per heavy atom. The largest absolute Gasteiger partial charge is 0.392 e. The van der Waals surface area contributed by atoms with Gasteiger partial charge in [0.25, 0.3) is 0 Å². The Kier molecular flexibility index (Phi) is 5.24. The number of hydrogen-bond acceptors (Lipinski definition) is 3. The summed E-state index contributed by atoms with van der Waals surface area (Å²) in [5.41, 5.74) is 4.00. The average Bonchev–Trinajstić information content (AvgIpc) is 3.05. The van der Waals surface area contributed by atoms with Crippen molar-refractivity contribution in [2.24, 2.45) is 0 Å². The van der Waals surface area contributed by atoms with Gasteiger partial charge in [0, 0.05) is 36.5 Å². The zero-order valence-corrected chi connectivity index (χ0v) is 15.8. The minimum absolute atomic E-state index is 0.209. The highest BCUT2D eigenvalue weighted by molar-refractivity contribution is 5.66. The molecule has 0 saturated carbocycles. The highest BCUT2D eigenvalue weighted by Gasteiger charge is 2.22. The third-order valence-corrected chi connectivity index (χ3v) is 5.22. The van der Waals surface area contributed by atoms with Gasteiger partial charge in [0.1, 0.15) is 11.5 Å². The van der Waals surface area contributed by atoms with Crippen molar-refractivity contribution in [1.82, 2.24) is 14.7 Å². The number of nitrogens with zero attached hydrogens (tertiary/aromatic N) is 3. The standard InChI is InChI=1S/C22H23F2N3O/c1-15-5-2-3-7-19(15)22-16(12-26-10-4-6-18(28)14-26)13-27(25-22)21-9-8-17(23)11-20(21)24/h2-3,5,7-9,11,13,18,28H,4,6,10,12,14H2,1H3. The van der Waals surface area contributed by atoms with Gasteiger partial charge >= 0.3 is 0 Å². The van der Waals surface area contributed by atoms with Crippen molar-refractivity contribution >= 4 is 0 Å². The molecule has 28 heavy (non-hydrogen) atoms. The first-order valence-corrected chi connectivity index (χ1v) is 9.51. The van der Waals surface area contributed by atoms with Gasteiger partial charge in [0.2, 0.25) is 0 Å². The highest BCUT2D eigenvalue weighted by atomic mass is 19.1. The van der Waals surface area contributed by atoms with Crippen LogP contribution in [-0.2, 0) is 6.54 Å². The maximum atomic E-state index is 14.3. The van der Waals surface area contributed by atoms with Crippen molar-refractivity contribution in [3.8, 4) is 16.9 Å². The molecule has 0 bridgehead atoms. The summed E-state index contributed by atoms with van der Waals surface area (Å²) in [7, 11) is 0. The first-order chi connectivity index (χ1) is 13.5. The summed E-state index contributed by atoms with van der Waals surface area (Å²) in [4.78, 5) is 2.19. The molecule has 1 unspecified atom stereocenters. The van der Waals surface area contributed by atoms with E-state index in [-0.39, 0.29) is 11.8 Å². The number of β-amino-alcohol motifs (C(OH)–C–C–N with tert-alkyl or cyclic N) is 1. The van der Waals surface area contributed by atoms with Crippen molar-refractivity contribution in [1.29, 1.82) is 0 Å². The van der Waals surface area contributed by atoms with Crippen molar-refractivity contribution < 1.29 is 13.9 Å². The van der Waals surface area contributed by atoms with E-state index in [0.29, 0.717) is 13.1 Å². The van der Waals surface area contributed by atoms with E-state index in [1.807, 2.05) is 31.2 Å². The van der Waals surface area contributed by atoms with Gasteiger partial charge in [-0.3, -0.25) is 4.90 Å². The lowest BCUT2D eigenvalue weighted by Gasteiger charge is -2.29. The van der Waals surface area contributed by atoms with E-state index in [1.165, 1.54) is 16.8 Å². The molecule has 1 saturated heterocycles. The van der Waals surface area contributed by atoms with Gasteiger partial charge in [-0.2, -0.15) is 5.10 Å². The number of benzene rings is 2. The van der Waals surface area contributed by atoms with Crippen LogP contribution in [0.25, 0.3) is 16.9 Å². The molecular formula is C22H23F2N3O. The summed E-state index contributed by atoms with van der Waals surface area (Å²) < 4.78 is 29.1. The molecule has 1 aliphatic rings. The van der Waals surface area contributed by atoms with Crippen molar-refractivity contribution in [2.45, 2.75) is 32.4 Å². The molecule has 0 radical (unpaired) electrons. The van der Waals surface area contributed by atoms with Crippen LogP contribution in [0.1, 0.15) is 24.0 Å². The summed E-state index contributed by atoms with van der Waals surface area (Å²) in [6, 6.07) is 11.4. The SMILES string of the molecule is Cc1ccccc1-c1nn(-c2ccc(F)cc2F)cc1CN1CCCC(O)C1. The number of aliphatic hydroxyl groups is 1. The van der Waals surface area contributed by atoms with E-state index in [4.69, 9.17) is 0 Å². The second-order valence-electron chi connectivity index (χ2n) is 7.39. The number of aryl methyl sites for hydroxylation is 1. The van der Waals surface area contributed by atoms with Gasteiger partial charge in [-0.25, -0.2) is 13.5 Å². The number of halogens is 2. The molecule has 0 spiro atoms. The van der Waals surface area contributed by atoms with Gasteiger partial charge in [0.15, 0.2) is 5.82 Å². The third kappa shape index (κ3) is 3.84. The average molecular weight is 383 g/mol. The maximum absolute atomic E-state index is 14.3. The minimum atomic E-state index is -0.654. The van der Waals surface area contributed by atoms with Gasteiger partial charge in [-0.1, -0.05) is 24.3 Å². The van der Waals surface area contributed by atoms with Crippen molar-refractivity contribution in [3.05, 3.63) is 71.4 Å². The zero-order valence-electron chi connectivity index (χ0n) is 15.8. The number of hydrogen-bond donors (Lipinski definition) is 1. The molecule has 4 rings (SSSR count). The highest BCUT2D eigenvalue weighted by Crippen LogP contribution is 2.29. The van der Waals surface area contributed by atoms with Gasteiger partial charge < -0.3 is 5.11 Å². The number of aliphatic hydroxyl groups excluding tert-OH is 1. The normalized spacial score (nSPS) is 17.8. The van der Waals surface area contributed by atoms with Crippen LogP contribution in [0.5, 0.6) is 0 Å². The van der Waals surface area contributed by atoms with E-state index < -0.39 is 11.6 Å². The second kappa shape index (κ2) is 7.81. The summed E-state index contributed by atoms with van der Waals surface area (Å²) in [5.74, 6) is -1.27. The van der Waals surface area contributed by atoms with Gasteiger partial charge in [-0.05, 0) is 44.0 Å². The van der Waals surface area contributed by atoms with E-state index in [0.717, 1.165) is 47.8 Å². The first-order valence-electron chi connectivity index (χ1n) is 9.51. The molecule has 1 atom stereocenters. The van der Waals surface area contributed by atoms with Crippen LogP contribution >= 0.6 is 0 Å². The molecule has 4 nitrogen and oxygen atoms in total. The first kappa shape index (κ1) is 18.8. The van der Waals surface area contributed by atoms with Crippen LogP contribution in [0.4, 0.5) is 8.78 Å². The Morgan fingerprint density at radius 2 is 2.00 bits per heavy atom. The fraction of sp³-hybridized carbons (Fsp3) is 0.318. The molecule has 3 aromatic rings. The fourth-order valence-corrected chi connectivity index (χ4v) is 3.80. The lowest BCUT2D eigenvalue weighted by Crippen LogP contribution is -2.37. The summed E-state index contributed by atoms with van der Waals surface area (Å²) in [6.45, 7) is 4.15. The summed E-state index contributed by atoms with van der Waals surface area (Å²) in [6.07, 6.45) is 3.25. The third-order valence-electron chi connectivity index (χ3n) is 5.22. The van der Waals surface area contributed by atoms with Crippen LogP contribution < -0.4 is 0 Å². The van der Waals surface area contributed by atoms with Crippen molar-refractivity contribution in [3.63, 3.8) is 0 Å². The second-order valence-corrected chi connectivity index (χ2v) is 7.39. The van der Waals surface area contributed by atoms with Crippen LogP contribution in [0.15, 0.2) is 48.7 Å². The molecule has 1 N–H and O–H groups in total. The molecule has 1 fully saturated rings. The van der Waals surface area contributed by atoms with Crippen LogP contribution in [0, 0.1) is 18.6 Å². The minimum Gasteiger partial charge on any atom is -0.392 e. The quantitative estimate of drug-likeness (QED) is 0.738. The van der Waals surface area contributed by atoms with Crippen LogP contribution in [-0.4, -0.2) is 39.0 Å². The van der Waals surface area contributed by atoms with E-state index in [2.05, 4.69) is 10.00 Å². The monoisotopic (exact) mass is 383 g/mol. The van der Waals surface area contributed by atoms with Gasteiger partial charge in [-0.15, -0.1) is 0 Å². The fourth-order valence-electron chi connectivity index (χ4n) is 3.80. The molecule has 2 aromatic carbocycles. The molecule has 1 aliphatic heterocycles. The predicted octanol–water partition coefficient (Wildman–Crippen LogP) is 4.08. The lowest BCUT2D eigenvalue weighted by atomic mass is 10.0. The van der Waals surface area contributed by atoms with Crippen LogP contribution in [0.2, 0.25) is 0 Å². The molecular weight excluding hydrogens is 360 g/mol. The molecule has 2 heterocycles. The molecule has 0 aliphatic carbocycles. The number of rotatable bonds is 4. The Bertz CT molecular complexity index is 986. The molecule has 1 aromatic heterocycles. The summed E-state index contributed by atoms with van der Waals surface area (Å²) >= 11 is 0. The lowest BCUT2D eigenvalue weighted by molar-refractivity contribution is 0.0669. The predicted molar refractivity (Wildman–Crippen MR) is 104 cm³/mol. The Labute approximate surface area is 163 Å². The van der Waals surface area contributed by atoms with E-state index >= 15 is 0 Å². The number of aromatic nitrogens is 2. The Balaban J connectivity index is 1.76. The number of piperidine rings is 1. The maximum Gasteiger partial charge on any atom is 0.151 e. The Hall–Kier alpha value is -2.57. The number of likely N-dealkylation sites (tertiary alicyclic amines) is 1. The van der Waals surface area contributed by atoms with Crippen molar-refractivity contribution in [2.75, 3.05) is 13.1 Å². The Morgan fingerprint density at radius 3 is 2.75 bits per heavy atom.